The van der Waals surface area contributed by atoms with Crippen molar-refractivity contribution < 1.29 is 23.9 Å². The largest absolute Gasteiger partial charge is 0.467 e. The number of rotatable bonds is 10. The molecule has 2 aliphatic rings. The highest BCUT2D eigenvalue weighted by atomic mass is 16.5. The average Bonchev–Trinajstić information content (AvgIpc) is 3.50. The molecule has 4 N–H and O–H groups in total. The summed E-state index contributed by atoms with van der Waals surface area (Å²) in [5, 5.41) is 5.85. The zero-order valence-electron chi connectivity index (χ0n) is 24.0. The predicted octanol–water partition coefficient (Wildman–Crippen LogP) is 2.88. The molecule has 4 rings (SSSR count). The minimum absolute atomic E-state index is 0.00776. The zero-order valence-corrected chi connectivity index (χ0v) is 24.0. The van der Waals surface area contributed by atoms with Crippen LogP contribution in [-0.4, -0.2) is 66.4 Å². The average molecular weight is 563 g/mol. The fraction of sp³-hybridized carbons (Fsp3) is 0.500. The maximum absolute atomic E-state index is 14.0. The first-order valence-corrected chi connectivity index (χ1v) is 14.7. The van der Waals surface area contributed by atoms with Gasteiger partial charge in [0.1, 0.15) is 18.1 Å². The first-order chi connectivity index (χ1) is 19.8. The maximum Gasteiger partial charge on any atom is 0.329 e. The third-order valence-electron chi connectivity index (χ3n) is 8.34. The van der Waals surface area contributed by atoms with Crippen LogP contribution in [0.4, 0.5) is 0 Å². The summed E-state index contributed by atoms with van der Waals surface area (Å²) < 4.78 is 5.16. The van der Waals surface area contributed by atoms with Crippen LogP contribution in [0.1, 0.15) is 68.9 Å². The number of carbonyl (C=O) groups excluding carboxylic acids is 4. The summed E-state index contributed by atoms with van der Waals surface area (Å²) in [6, 6.07) is 15.8. The number of nitrogens with two attached hydrogens (primary N) is 1. The minimum Gasteiger partial charge on any atom is -0.467 e. The van der Waals surface area contributed by atoms with E-state index in [-0.39, 0.29) is 17.7 Å². The third-order valence-corrected chi connectivity index (χ3v) is 8.34. The van der Waals surface area contributed by atoms with Gasteiger partial charge < -0.3 is 26.0 Å². The molecule has 1 saturated heterocycles. The quantitative estimate of drug-likeness (QED) is 0.382. The molecule has 220 valence electrons. The molecule has 0 bridgehead atoms. The van der Waals surface area contributed by atoms with Crippen LogP contribution < -0.4 is 16.4 Å². The van der Waals surface area contributed by atoms with Gasteiger partial charge in [0, 0.05) is 12.5 Å². The normalized spacial score (nSPS) is 19.7. The van der Waals surface area contributed by atoms with Crippen molar-refractivity contribution in [3.8, 4) is 0 Å². The molecule has 3 amide bonds. The number of likely N-dealkylation sites (tertiary alicyclic amines) is 1. The van der Waals surface area contributed by atoms with E-state index in [1.165, 1.54) is 7.11 Å². The summed E-state index contributed by atoms with van der Waals surface area (Å²) in [6.45, 7) is 1.99. The van der Waals surface area contributed by atoms with Gasteiger partial charge >= 0.3 is 5.97 Å². The Kier molecular flexibility index (Phi) is 10.5. The topological polar surface area (TPSA) is 131 Å². The summed E-state index contributed by atoms with van der Waals surface area (Å²) in [5.74, 6) is -2.14. The number of amides is 3. The number of nitrogens with one attached hydrogen (secondary N) is 2. The number of hydrogen-bond donors (Lipinski definition) is 3. The second kappa shape index (κ2) is 14.3. The number of esters is 1. The Morgan fingerprint density at radius 2 is 1.44 bits per heavy atom. The van der Waals surface area contributed by atoms with Crippen molar-refractivity contribution in [2.45, 2.75) is 82.0 Å². The third kappa shape index (κ3) is 7.33. The molecule has 41 heavy (non-hydrogen) atoms. The second-order valence-corrected chi connectivity index (χ2v) is 11.2. The summed E-state index contributed by atoms with van der Waals surface area (Å²) >= 11 is 0. The van der Waals surface area contributed by atoms with Crippen molar-refractivity contribution in [3.05, 3.63) is 71.8 Å². The number of nitrogens with zero attached hydrogens (tertiary/aromatic N) is 1. The standard InChI is InChI=1S/C32H42N4O5/c1-21(33)29(37)34-27(24-17-10-5-11-18-24)31(39)36-20-12-19-25(36)30(38)35-28(32(40)41-2)26(22-13-6-3-7-14-22)23-15-8-4-9-16-23/h3-4,6-9,13-16,21,24-28H,5,10-12,17-20,33H2,1-2H3,(H,34,37)(H,35,38)/t21-,25-,27-,28-/m0/s1. The Balaban J connectivity index is 1.60. The number of carbonyl (C=O) groups is 4. The summed E-state index contributed by atoms with van der Waals surface area (Å²) in [6.07, 6.45) is 5.87. The molecule has 0 radical (unpaired) electrons. The molecule has 4 atom stereocenters. The van der Waals surface area contributed by atoms with E-state index < -0.39 is 42.0 Å². The Hall–Kier alpha value is -3.72. The van der Waals surface area contributed by atoms with Gasteiger partial charge in [-0.3, -0.25) is 14.4 Å². The van der Waals surface area contributed by atoms with E-state index in [0.717, 1.165) is 43.2 Å². The Morgan fingerprint density at radius 3 is 1.98 bits per heavy atom. The fourth-order valence-electron chi connectivity index (χ4n) is 6.17. The molecular weight excluding hydrogens is 520 g/mol. The number of ether oxygens (including phenoxy) is 1. The number of hydrogen-bond acceptors (Lipinski definition) is 6. The van der Waals surface area contributed by atoms with Gasteiger partial charge in [-0.25, -0.2) is 4.79 Å². The van der Waals surface area contributed by atoms with Crippen molar-refractivity contribution in [1.82, 2.24) is 15.5 Å². The van der Waals surface area contributed by atoms with E-state index in [1.807, 2.05) is 60.7 Å². The minimum atomic E-state index is -1.01. The van der Waals surface area contributed by atoms with Gasteiger partial charge in [0.2, 0.25) is 17.7 Å². The first-order valence-electron chi connectivity index (χ1n) is 14.7. The highest BCUT2D eigenvalue weighted by Gasteiger charge is 2.43. The highest BCUT2D eigenvalue weighted by molar-refractivity contribution is 5.95. The molecule has 1 saturated carbocycles. The van der Waals surface area contributed by atoms with E-state index in [4.69, 9.17) is 10.5 Å². The molecule has 0 unspecified atom stereocenters. The van der Waals surface area contributed by atoms with Crippen LogP contribution in [0, 0.1) is 5.92 Å². The molecule has 2 aromatic carbocycles. The van der Waals surface area contributed by atoms with Crippen molar-refractivity contribution in [1.29, 1.82) is 0 Å². The van der Waals surface area contributed by atoms with Crippen LogP contribution in [-0.2, 0) is 23.9 Å². The van der Waals surface area contributed by atoms with Gasteiger partial charge in [0.25, 0.3) is 0 Å². The summed E-state index contributed by atoms with van der Waals surface area (Å²) in [5.41, 5.74) is 7.52. The van der Waals surface area contributed by atoms with Gasteiger partial charge in [0.05, 0.1) is 13.2 Å². The lowest BCUT2D eigenvalue weighted by Gasteiger charge is -2.35. The maximum atomic E-state index is 14.0. The van der Waals surface area contributed by atoms with Crippen LogP contribution in [0.5, 0.6) is 0 Å². The molecule has 0 spiro atoms. The molecule has 0 aromatic heterocycles. The second-order valence-electron chi connectivity index (χ2n) is 11.2. The predicted molar refractivity (Wildman–Crippen MR) is 156 cm³/mol. The van der Waals surface area contributed by atoms with Gasteiger partial charge in [-0.15, -0.1) is 0 Å². The molecule has 1 aliphatic carbocycles. The van der Waals surface area contributed by atoms with Gasteiger partial charge in [0.15, 0.2) is 0 Å². The van der Waals surface area contributed by atoms with E-state index in [1.54, 1.807) is 11.8 Å². The van der Waals surface area contributed by atoms with Gasteiger partial charge in [-0.1, -0.05) is 79.9 Å². The molecule has 9 nitrogen and oxygen atoms in total. The molecule has 1 aliphatic heterocycles. The van der Waals surface area contributed by atoms with E-state index in [9.17, 15) is 19.2 Å². The first kappa shape index (κ1) is 30.2. The molecule has 2 fully saturated rings. The molecule has 9 heteroatoms. The Labute approximate surface area is 242 Å². The van der Waals surface area contributed by atoms with Crippen molar-refractivity contribution in [3.63, 3.8) is 0 Å². The van der Waals surface area contributed by atoms with E-state index in [0.29, 0.717) is 19.4 Å². The van der Waals surface area contributed by atoms with Crippen LogP contribution >= 0.6 is 0 Å². The zero-order chi connectivity index (χ0) is 29.4. The monoisotopic (exact) mass is 562 g/mol. The fourth-order valence-corrected chi connectivity index (χ4v) is 6.17. The van der Waals surface area contributed by atoms with E-state index in [2.05, 4.69) is 10.6 Å². The smallest absolute Gasteiger partial charge is 0.329 e. The highest BCUT2D eigenvalue weighted by Crippen LogP contribution is 2.31. The van der Waals surface area contributed by atoms with Crippen LogP contribution in [0.2, 0.25) is 0 Å². The van der Waals surface area contributed by atoms with Crippen LogP contribution in [0.25, 0.3) is 0 Å². The lowest BCUT2D eigenvalue weighted by atomic mass is 9.83. The number of benzene rings is 2. The van der Waals surface area contributed by atoms with Gasteiger partial charge in [-0.2, -0.15) is 0 Å². The SMILES string of the molecule is COC(=O)[C@@H](NC(=O)[C@@H]1CCCN1C(=O)[C@@H](NC(=O)[C@H](C)N)C1CCCCC1)C(c1ccccc1)c1ccccc1. The molecule has 1 heterocycles. The Morgan fingerprint density at radius 1 is 0.854 bits per heavy atom. The van der Waals surface area contributed by atoms with Crippen molar-refractivity contribution >= 4 is 23.7 Å². The Bertz CT molecular complexity index is 1140. The van der Waals surface area contributed by atoms with Crippen LogP contribution in [0.15, 0.2) is 60.7 Å². The molecule has 2 aromatic rings. The molecular formula is C32H42N4O5. The number of methoxy groups -OCH3 is 1. The van der Waals surface area contributed by atoms with E-state index >= 15 is 0 Å². The van der Waals surface area contributed by atoms with Gasteiger partial charge in [-0.05, 0) is 49.7 Å². The van der Waals surface area contributed by atoms with Crippen LogP contribution in [0.3, 0.4) is 0 Å². The lowest BCUT2D eigenvalue weighted by molar-refractivity contribution is -0.147. The lowest BCUT2D eigenvalue weighted by Crippen LogP contribution is -2.59. The van der Waals surface area contributed by atoms with Crippen molar-refractivity contribution in [2.75, 3.05) is 13.7 Å². The van der Waals surface area contributed by atoms with Crippen molar-refractivity contribution in [2.24, 2.45) is 11.7 Å². The summed E-state index contributed by atoms with van der Waals surface area (Å²) in [4.78, 5) is 55.2. The summed E-state index contributed by atoms with van der Waals surface area (Å²) in [7, 11) is 1.30.